The molecule has 21 heteroatoms. The maximum absolute atomic E-state index is 16.1. The molecule has 4 aliphatic rings. The Morgan fingerprint density at radius 3 is 1.54 bits per heavy atom. The molecule has 0 spiro atoms. The number of hydrogen-bond donors (Lipinski definition) is 2. The van der Waals surface area contributed by atoms with Crippen molar-refractivity contribution in [1.82, 2.24) is 39.0 Å². The third-order valence-corrected chi connectivity index (χ3v) is 12.8. The molecule has 6 heterocycles. The van der Waals surface area contributed by atoms with Crippen molar-refractivity contribution in [2.75, 3.05) is 13.2 Å². The topological polar surface area (TPSA) is 182 Å². The highest BCUT2D eigenvalue weighted by molar-refractivity contribution is 8.00. The predicted octanol–water partition coefficient (Wildman–Crippen LogP) is 5.39. The van der Waals surface area contributed by atoms with E-state index in [1.165, 1.54) is 21.8 Å². The number of carbonyl (C=O) groups is 1. The van der Waals surface area contributed by atoms with Gasteiger partial charge in [0.1, 0.15) is 33.3 Å². The molecule has 0 amide bonds. The summed E-state index contributed by atoms with van der Waals surface area (Å²) in [5, 5.41) is 21.8. The zero-order chi connectivity index (χ0) is 36.1. The van der Waals surface area contributed by atoms with Crippen molar-refractivity contribution in [2.24, 2.45) is 0 Å². The number of aromatic nitrogens is 8. The van der Waals surface area contributed by atoms with Crippen molar-refractivity contribution in [2.45, 2.75) is 121 Å². The first-order valence-corrected chi connectivity index (χ1v) is 19.6. The lowest BCUT2D eigenvalue weighted by molar-refractivity contribution is -0.0768. The number of aliphatic hydroxyl groups excluding tert-OH is 2. The van der Waals surface area contributed by atoms with Crippen molar-refractivity contribution < 1.29 is 42.7 Å². The maximum Gasteiger partial charge on any atom is 0.509 e. The molecule has 280 valence electrons. The molecule has 4 aromatic heterocycles. The average Bonchev–Trinajstić information content (AvgIpc) is 3.98. The van der Waals surface area contributed by atoms with Crippen LogP contribution in [0.4, 0.5) is 13.6 Å². The Kier molecular flexibility index (Phi) is 10.6. The summed E-state index contributed by atoms with van der Waals surface area (Å²) in [6, 6.07) is 0. The number of hydrogen-bond acceptors (Lipinski definition) is 15. The highest BCUT2D eigenvalue weighted by Crippen LogP contribution is 2.42. The van der Waals surface area contributed by atoms with Gasteiger partial charge in [0, 0.05) is 10.5 Å². The molecule has 0 aromatic carbocycles. The second-order valence-corrected chi connectivity index (χ2v) is 16.3. The predicted molar refractivity (Wildman–Crippen MR) is 184 cm³/mol. The third kappa shape index (κ3) is 6.91. The van der Waals surface area contributed by atoms with Crippen LogP contribution in [0.1, 0.15) is 63.8 Å². The van der Waals surface area contributed by atoms with Crippen molar-refractivity contribution in [1.29, 1.82) is 0 Å². The van der Waals surface area contributed by atoms with E-state index in [1.54, 1.807) is 23.5 Å². The van der Waals surface area contributed by atoms with E-state index in [0.29, 0.717) is 31.6 Å². The molecular formula is C31H34Cl2F2N8O7S2. The SMILES string of the molecule is O=C(O[C@H]1[C@H](F)[C@H](n2cnc3c(SC4CCCC4)nc(Cl)nc32)O[C@@H]1CO)O[C@H]1[C@H](F)[C@H](n2cnc3c(SC4CCCC4)nc(Cl)nc32)O[C@@H]1CO. The Balaban J connectivity index is 0.974. The van der Waals surface area contributed by atoms with Crippen molar-refractivity contribution >= 4 is 75.2 Å². The molecular weight excluding hydrogens is 769 g/mol. The van der Waals surface area contributed by atoms with Crippen LogP contribution in [0.3, 0.4) is 0 Å². The summed E-state index contributed by atoms with van der Waals surface area (Å²) in [5.41, 5.74) is 1.22. The molecule has 0 radical (unpaired) electrons. The van der Waals surface area contributed by atoms with Gasteiger partial charge in [0.15, 0.2) is 48.3 Å². The normalized spacial score (nSPS) is 30.0. The van der Waals surface area contributed by atoms with Gasteiger partial charge in [0.25, 0.3) is 0 Å². The van der Waals surface area contributed by atoms with Crippen LogP contribution in [0, 0.1) is 0 Å². The van der Waals surface area contributed by atoms with Gasteiger partial charge in [-0.05, 0) is 48.9 Å². The number of nitrogens with zero attached hydrogens (tertiary/aromatic N) is 8. The van der Waals surface area contributed by atoms with E-state index in [4.69, 9.17) is 42.1 Å². The third-order valence-electron chi connectivity index (χ3n) is 9.79. The number of rotatable bonds is 10. The van der Waals surface area contributed by atoms with E-state index in [1.807, 2.05) is 0 Å². The summed E-state index contributed by atoms with van der Waals surface area (Å²) in [6.07, 6.45) is -3.13. The fourth-order valence-corrected chi connectivity index (χ4v) is 10.2. The van der Waals surface area contributed by atoms with Crippen LogP contribution >= 0.6 is 46.7 Å². The fraction of sp³-hybridized carbons (Fsp3) is 0.645. The van der Waals surface area contributed by atoms with Gasteiger partial charge in [-0.25, -0.2) is 33.5 Å². The minimum atomic E-state index is -2.04. The molecule has 2 saturated heterocycles. The molecule has 8 rings (SSSR count). The van der Waals surface area contributed by atoms with Gasteiger partial charge in [-0.1, -0.05) is 25.7 Å². The number of fused-ring (bicyclic) bond motifs is 2. The van der Waals surface area contributed by atoms with E-state index in [2.05, 4.69) is 29.9 Å². The standard InChI is InChI=1S/C31H34Cl2F2N8O7S2/c32-29-38-23-19(25(40-29)51-13-5-1-2-6-13)36-11-42(23)27-17(34)21(15(9-44)47-27)49-31(46)50-22-16(10-45)48-28(18(22)35)43-12-37-20-24(43)39-30(33)41-26(20)52-14-7-3-4-8-14/h11-18,21-22,27-28,44-45H,1-10H2/t15-,16-,17+,18+,21-,22-,27-,28-/m1/s1. The first-order valence-electron chi connectivity index (χ1n) is 17.0. The van der Waals surface area contributed by atoms with Gasteiger partial charge < -0.3 is 29.2 Å². The zero-order valence-corrected chi connectivity index (χ0v) is 30.5. The summed E-state index contributed by atoms with van der Waals surface area (Å²) >= 11 is 15.6. The van der Waals surface area contributed by atoms with E-state index in [-0.39, 0.29) is 21.9 Å². The van der Waals surface area contributed by atoms with Crippen LogP contribution < -0.4 is 0 Å². The minimum absolute atomic E-state index is 0.0582. The Hall–Kier alpha value is -2.65. The quantitative estimate of drug-likeness (QED) is 0.118. The molecule has 8 atom stereocenters. The first-order chi connectivity index (χ1) is 25.2. The fourth-order valence-electron chi connectivity index (χ4n) is 7.26. The monoisotopic (exact) mass is 802 g/mol. The second-order valence-electron chi connectivity index (χ2n) is 13.1. The van der Waals surface area contributed by atoms with Crippen LogP contribution in [0.15, 0.2) is 22.7 Å². The highest BCUT2D eigenvalue weighted by atomic mass is 35.5. The Bertz CT molecular complexity index is 1800. The van der Waals surface area contributed by atoms with Gasteiger partial charge in [-0.3, -0.25) is 9.13 Å². The van der Waals surface area contributed by atoms with Crippen LogP contribution in [-0.2, 0) is 18.9 Å². The molecule has 2 aliphatic heterocycles. The largest absolute Gasteiger partial charge is 0.509 e. The van der Waals surface area contributed by atoms with Gasteiger partial charge >= 0.3 is 6.16 Å². The van der Waals surface area contributed by atoms with Crippen molar-refractivity contribution in [3.05, 3.63) is 23.2 Å². The zero-order valence-electron chi connectivity index (χ0n) is 27.3. The molecule has 2 aliphatic carbocycles. The van der Waals surface area contributed by atoms with Crippen LogP contribution in [0.25, 0.3) is 22.3 Å². The summed E-state index contributed by atoms with van der Waals surface area (Å²) in [7, 11) is 0. The van der Waals surface area contributed by atoms with Gasteiger partial charge in [0.2, 0.25) is 10.6 Å². The average molecular weight is 804 g/mol. The summed E-state index contributed by atoms with van der Waals surface area (Å²) in [6.45, 7) is -1.45. The van der Waals surface area contributed by atoms with E-state index >= 15 is 8.78 Å². The van der Waals surface area contributed by atoms with E-state index in [9.17, 15) is 15.0 Å². The van der Waals surface area contributed by atoms with Crippen LogP contribution in [0.5, 0.6) is 0 Å². The lowest BCUT2D eigenvalue weighted by Gasteiger charge is -2.22. The number of imidazole rings is 2. The molecule has 15 nitrogen and oxygen atoms in total. The molecule has 52 heavy (non-hydrogen) atoms. The maximum atomic E-state index is 16.1. The van der Waals surface area contributed by atoms with Crippen molar-refractivity contribution in [3.63, 3.8) is 0 Å². The number of halogens is 4. The minimum Gasteiger partial charge on any atom is -0.425 e. The lowest BCUT2D eigenvalue weighted by atomic mass is 10.1. The summed E-state index contributed by atoms with van der Waals surface area (Å²) in [4.78, 5) is 39.1. The number of ether oxygens (including phenoxy) is 4. The molecule has 0 unspecified atom stereocenters. The van der Waals surface area contributed by atoms with Crippen LogP contribution in [-0.4, -0.2) is 116 Å². The van der Waals surface area contributed by atoms with Gasteiger partial charge in [-0.2, -0.15) is 9.97 Å². The van der Waals surface area contributed by atoms with E-state index in [0.717, 1.165) is 51.4 Å². The Morgan fingerprint density at radius 2 is 1.15 bits per heavy atom. The smallest absolute Gasteiger partial charge is 0.425 e. The molecule has 0 bridgehead atoms. The summed E-state index contributed by atoms with van der Waals surface area (Å²) < 4.78 is 57.1. The Morgan fingerprint density at radius 1 is 0.750 bits per heavy atom. The van der Waals surface area contributed by atoms with E-state index < -0.39 is 68.6 Å². The number of thioether (sulfide) groups is 2. The lowest BCUT2D eigenvalue weighted by Crippen LogP contribution is -2.40. The van der Waals surface area contributed by atoms with Crippen molar-refractivity contribution in [3.8, 4) is 0 Å². The number of aliphatic hydroxyl groups is 2. The van der Waals surface area contributed by atoms with Gasteiger partial charge in [-0.15, -0.1) is 23.5 Å². The Labute approximate surface area is 313 Å². The number of carbonyl (C=O) groups excluding carboxylic acids is 1. The number of alkyl halides is 2. The first kappa shape index (κ1) is 36.3. The molecule has 2 saturated carbocycles. The second kappa shape index (κ2) is 15.2. The summed E-state index contributed by atoms with van der Waals surface area (Å²) in [5.74, 6) is 0. The highest BCUT2D eigenvalue weighted by Gasteiger charge is 2.52. The molecule has 4 aromatic rings. The molecule has 4 fully saturated rings. The van der Waals surface area contributed by atoms with Gasteiger partial charge in [0.05, 0.1) is 25.9 Å². The van der Waals surface area contributed by atoms with Crippen LogP contribution in [0.2, 0.25) is 10.6 Å². The molecule has 2 N–H and O–H groups in total.